The number of hydrogen-bond acceptors (Lipinski definition) is 3. The molecular formula is C11H7NO2. The number of para-hydroxylation sites is 1. The monoisotopic (exact) mass is 185 g/mol. The molecule has 1 aromatic heterocycles. The van der Waals surface area contributed by atoms with Crippen molar-refractivity contribution in [2.45, 2.75) is 6.42 Å². The number of hydrogen-bond donors (Lipinski definition) is 0. The summed E-state index contributed by atoms with van der Waals surface area (Å²) in [6.45, 7) is 0. The van der Waals surface area contributed by atoms with Crippen molar-refractivity contribution >= 4 is 11.0 Å². The van der Waals surface area contributed by atoms with Crippen LogP contribution in [0.3, 0.4) is 0 Å². The molecule has 1 heterocycles. The van der Waals surface area contributed by atoms with Gasteiger partial charge in [0.05, 0.1) is 24.1 Å². The molecule has 0 spiro atoms. The minimum Gasteiger partial charge on any atom is -0.464 e. The van der Waals surface area contributed by atoms with Gasteiger partial charge in [0.15, 0.2) is 5.43 Å². The summed E-state index contributed by atoms with van der Waals surface area (Å²) in [6.07, 6.45) is 1.45. The van der Waals surface area contributed by atoms with Crippen LogP contribution in [0.5, 0.6) is 0 Å². The van der Waals surface area contributed by atoms with Gasteiger partial charge in [-0.3, -0.25) is 4.79 Å². The normalized spacial score (nSPS) is 9.93. The van der Waals surface area contributed by atoms with Crippen LogP contribution in [0.4, 0.5) is 0 Å². The highest BCUT2D eigenvalue weighted by atomic mass is 16.3. The van der Waals surface area contributed by atoms with Crippen LogP contribution in [-0.2, 0) is 6.42 Å². The van der Waals surface area contributed by atoms with Gasteiger partial charge >= 0.3 is 0 Å². The second-order valence-corrected chi connectivity index (χ2v) is 2.92. The van der Waals surface area contributed by atoms with Crippen LogP contribution in [0.1, 0.15) is 5.56 Å². The van der Waals surface area contributed by atoms with Crippen molar-refractivity contribution in [3.63, 3.8) is 0 Å². The lowest BCUT2D eigenvalue weighted by Gasteiger charge is -1.97. The van der Waals surface area contributed by atoms with Gasteiger partial charge in [-0.15, -0.1) is 0 Å². The summed E-state index contributed by atoms with van der Waals surface area (Å²) < 4.78 is 5.23. The summed E-state index contributed by atoms with van der Waals surface area (Å²) in [4.78, 5) is 11.7. The summed E-state index contributed by atoms with van der Waals surface area (Å²) >= 11 is 0. The Labute approximate surface area is 80.2 Å². The van der Waals surface area contributed by atoms with Crippen molar-refractivity contribution in [2.24, 2.45) is 0 Å². The molecule has 0 aliphatic carbocycles. The fourth-order valence-electron chi connectivity index (χ4n) is 1.33. The highest BCUT2D eigenvalue weighted by molar-refractivity contribution is 5.76. The number of nitriles is 1. The fourth-order valence-corrected chi connectivity index (χ4v) is 1.33. The van der Waals surface area contributed by atoms with Crippen molar-refractivity contribution in [2.75, 3.05) is 0 Å². The summed E-state index contributed by atoms with van der Waals surface area (Å²) in [6, 6.07) is 8.93. The quantitative estimate of drug-likeness (QED) is 0.681. The van der Waals surface area contributed by atoms with E-state index in [0.29, 0.717) is 16.5 Å². The van der Waals surface area contributed by atoms with E-state index in [-0.39, 0.29) is 11.8 Å². The predicted octanol–water partition coefficient (Wildman–Crippen LogP) is 1.86. The molecule has 2 aromatic rings. The standard InChI is InChI=1S/C11H7NO2/c12-6-5-8-7-14-10-4-2-1-3-9(10)11(8)13/h1-4,7H,5H2. The number of nitrogens with zero attached hydrogens (tertiary/aromatic N) is 1. The molecule has 68 valence electrons. The second-order valence-electron chi connectivity index (χ2n) is 2.92. The highest BCUT2D eigenvalue weighted by Gasteiger charge is 2.04. The molecule has 0 amide bonds. The largest absolute Gasteiger partial charge is 0.464 e. The molecule has 0 radical (unpaired) electrons. The zero-order valence-electron chi connectivity index (χ0n) is 7.36. The van der Waals surface area contributed by atoms with Crippen LogP contribution < -0.4 is 5.43 Å². The van der Waals surface area contributed by atoms with Gasteiger partial charge in [0.25, 0.3) is 0 Å². The predicted molar refractivity (Wildman–Crippen MR) is 51.8 cm³/mol. The molecule has 2 rings (SSSR count). The summed E-state index contributed by atoms with van der Waals surface area (Å²) in [5.41, 5.74) is 0.846. The highest BCUT2D eigenvalue weighted by Crippen LogP contribution is 2.10. The maximum absolute atomic E-state index is 11.7. The molecule has 0 atom stereocenters. The van der Waals surface area contributed by atoms with Gasteiger partial charge in [0.2, 0.25) is 0 Å². The first-order valence-electron chi connectivity index (χ1n) is 4.19. The third-order valence-electron chi connectivity index (χ3n) is 2.02. The molecule has 0 aliphatic heterocycles. The van der Waals surface area contributed by atoms with E-state index < -0.39 is 0 Å². The lowest BCUT2D eigenvalue weighted by Crippen LogP contribution is -2.07. The smallest absolute Gasteiger partial charge is 0.196 e. The third-order valence-corrected chi connectivity index (χ3v) is 2.02. The van der Waals surface area contributed by atoms with Crippen molar-refractivity contribution in [1.82, 2.24) is 0 Å². The van der Waals surface area contributed by atoms with Crippen LogP contribution in [0, 0.1) is 11.3 Å². The summed E-state index contributed by atoms with van der Waals surface area (Å²) in [7, 11) is 0. The molecule has 0 bridgehead atoms. The molecule has 0 unspecified atom stereocenters. The Bertz CT molecular complexity index is 563. The molecule has 0 N–H and O–H groups in total. The molecule has 3 heteroatoms. The average molecular weight is 185 g/mol. The Morgan fingerprint density at radius 2 is 2.14 bits per heavy atom. The van der Waals surface area contributed by atoms with Gasteiger partial charge in [-0.1, -0.05) is 12.1 Å². The van der Waals surface area contributed by atoms with Gasteiger partial charge < -0.3 is 4.42 Å². The third kappa shape index (κ3) is 1.27. The minimum atomic E-state index is -0.117. The lowest BCUT2D eigenvalue weighted by atomic mass is 10.1. The first-order valence-corrected chi connectivity index (χ1v) is 4.19. The molecule has 3 nitrogen and oxygen atoms in total. The van der Waals surface area contributed by atoms with E-state index in [0.717, 1.165) is 0 Å². The van der Waals surface area contributed by atoms with Crippen molar-refractivity contribution in [3.05, 3.63) is 46.3 Å². The van der Waals surface area contributed by atoms with E-state index in [1.165, 1.54) is 6.26 Å². The Morgan fingerprint density at radius 3 is 2.93 bits per heavy atom. The molecule has 1 aromatic carbocycles. The lowest BCUT2D eigenvalue weighted by molar-refractivity contribution is 0.595. The molecule has 0 fully saturated rings. The Morgan fingerprint density at radius 1 is 1.36 bits per heavy atom. The number of fused-ring (bicyclic) bond motifs is 1. The van der Waals surface area contributed by atoms with Crippen molar-refractivity contribution in [1.29, 1.82) is 5.26 Å². The van der Waals surface area contributed by atoms with Gasteiger partial charge in [-0.05, 0) is 12.1 Å². The number of rotatable bonds is 1. The molecular weight excluding hydrogens is 178 g/mol. The topological polar surface area (TPSA) is 54.0 Å². The Kier molecular flexibility index (Phi) is 2.04. The summed E-state index contributed by atoms with van der Waals surface area (Å²) in [5, 5.41) is 9.01. The van der Waals surface area contributed by atoms with Gasteiger partial charge in [-0.2, -0.15) is 5.26 Å². The second kappa shape index (κ2) is 3.35. The van der Waals surface area contributed by atoms with E-state index in [9.17, 15) is 4.79 Å². The minimum absolute atomic E-state index is 0.0904. The molecule has 14 heavy (non-hydrogen) atoms. The van der Waals surface area contributed by atoms with E-state index in [1.807, 2.05) is 6.07 Å². The van der Waals surface area contributed by atoms with Crippen molar-refractivity contribution < 1.29 is 4.42 Å². The van der Waals surface area contributed by atoms with E-state index in [4.69, 9.17) is 9.68 Å². The van der Waals surface area contributed by atoms with Crippen LogP contribution in [0.2, 0.25) is 0 Å². The Hall–Kier alpha value is -2.08. The van der Waals surface area contributed by atoms with Crippen LogP contribution in [0.15, 0.2) is 39.7 Å². The van der Waals surface area contributed by atoms with Gasteiger partial charge in [-0.25, -0.2) is 0 Å². The Balaban J connectivity index is 2.77. The fraction of sp³-hybridized carbons (Fsp3) is 0.0909. The van der Waals surface area contributed by atoms with Crippen LogP contribution in [-0.4, -0.2) is 0 Å². The van der Waals surface area contributed by atoms with Crippen molar-refractivity contribution in [3.8, 4) is 6.07 Å². The summed E-state index contributed by atoms with van der Waals surface area (Å²) in [5.74, 6) is 0. The zero-order valence-corrected chi connectivity index (χ0v) is 7.36. The first-order chi connectivity index (χ1) is 6.83. The maximum atomic E-state index is 11.7. The zero-order chi connectivity index (χ0) is 9.97. The van der Waals surface area contributed by atoms with Crippen LogP contribution >= 0.6 is 0 Å². The van der Waals surface area contributed by atoms with Gasteiger partial charge in [0.1, 0.15) is 5.58 Å². The SMILES string of the molecule is N#CCc1coc2ccccc2c1=O. The molecule has 0 saturated heterocycles. The van der Waals surface area contributed by atoms with Crippen LogP contribution in [0.25, 0.3) is 11.0 Å². The van der Waals surface area contributed by atoms with E-state index in [1.54, 1.807) is 24.3 Å². The first kappa shape index (κ1) is 8.52. The maximum Gasteiger partial charge on any atom is 0.196 e. The van der Waals surface area contributed by atoms with E-state index in [2.05, 4.69) is 0 Å². The van der Waals surface area contributed by atoms with E-state index >= 15 is 0 Å². The average Bonchev–Trinajstić information content (AvgIpc) is 2.23. The number of benzene rings is 1. The molecule has 0 saturated carbocycles. The van der Waals surface area contributed by atoms with Gasteiger partial charge in [0, 0.05) is 5.56 Å². The molecule has 0 aliphatic rings.